The van der Waals surface area contributed by atoms with E-state index >= 15 is 0 Å². The number of nitrogens with one attached hydrogen (secondary N) is 1. The molecule has 0 amide bonds. The Labute approximate surface area is 134 Å². The van der Waals surface area contributed by atoms with E-state index in [1.165, 1.54) is 0 Å². The Hall–Kier alpha value is -1.62. The van der Waals surface area contributed by atoms with Crippen molar-refractivity contribution in [3.05, 3.63) is 34.4 Å². The predicted octanol–water partition coefficient (Wildman–Crippen LogP) is 4.47. The molecule has 1 N–H and O–H groups in total. The highest BCUT2D eigenvalue weighted by atomic mass is 79.9. The molecular weight excluding hydrogens is 330 g/mol. The molecular formula is C16H20BrN3O. The third kappa shape index (κ3) is 3.53. The average molecular weight is 350 g/mol. The van der Waals surface area contributed by atoms with E-state index in [1.807, 2.05) is 38.2 Å². The van der Waals surface area contributed by atoms with E-state index < -0.39 is 0 Å². The van der Waals surface area contributed by atoms with Gasteiger partial charge in [-0.15, -0.1) is 0 Å². The van der Waals surface area contributed by atoms with Gasteiger partial charge in [0, 0.05) is 12.6 Å². The zero-order chi connectivity index (χ0) is 15.4. The van der Waals surface area contributed by atoms with Crippen LogP contribution in [0, 0.1) is 0 Å². The van der Waals surface area contributed by atoms with E-state index in [2.05, 4.69) is 40.1 Å². The highest BCUT2D eigenvalue weighted by molar-refractivity contribution is 9.10. The van der Waals surface area contributed by atoms with E-state index in [9.17, 15) is 0 Å². The first-order valence-corrected chi connectivity index (χ1v) is 7.84. The first-order valence-electron chi connectivity index (χ1n) is 7.05. The third-order valence-electron chi connectivity index (χ3n) is 3.06. The van der Waals surface area contributed by atoms with Gasteiger partial charge in [0.2, 0.25) is 0 Å². The number of hydrogen-bond donors (Lipinski definition) is 1. The van der Waals surface area contributed by atoms with Crippen LogP contribution < -0.4 is 10.1 Å². The van der Waals surface area contributed by atoms with Crippen LogP contribution in [-0.2, 0) is 0 Å². The van der Waals surface area contributed by atoms with Crippen molar-refractivity contribution in [3.8, 4) is 17.1 Å². The monoisotopic (exact) mass is 349 g/mol. The van der Waals surface area contributed by atoms with Crippen molar-refractivity contribution >= 4 is 21.7 Å². The molecule has 0 radical (unpaired) electrons. The van der Waals surface area contributed by atoms with Crippen LogP contribution in [0.15, 0.2) is 28.7 Å². The molecule has 112 valence electrons. The van der Waals surface area contributed by atoms with E-state index in [1.54, 1.807) is 0 Å². The van der Waals surface area contributed by atoms with Gasteiger partial charge >= 0.3 is 0 Å². The molecule has 0 aliphatic carbocycles. The van der Waals surface area contributed by atoms with Crippen molar-refractivity contribution in [2.45, 2.75) is 26.7 Å². The summed E-state index contributed by atoms with van der Waals surface area (Å²) in [4.78, 5) is 9.28. The second-order valence-electron chi connectivity index (χ2n) is 4.96. The fraction of sp³-hybridized carbons (Fsp3) is 0.375. The summed E-state index contributed by atoms with van der Waals surface area (Å²) < 4.78 is 6.47. The molecule has 0 aliphatic heterocycles. The maximum atomic E-state index is 5.55. The third-order valence-corrected chi connectivity index (χ3v) is 3.85. The first kappa shape index (κ1) is 15.8. The fourth-order valence-electron chi connectivity index (χ4n) is 2.03. The predicted molar refractivity (Wildman–Crippen MR) is 90.0 cm³/mol. The Balaban J connectivity index is 2.53. The van der Waals surface area contributed by atoms with Crippen LogP contribution in [0.25, 0.3) is 11.4 Å². The van der Waals surface area contributed by atoms with Crippen LogP contribution in [0.4, 0.5) is 5.82 Å². The highest BCUT2D eigenvalue weighted by Crippen LogP contribution is 2.31. The smallest absolute Gasteiger partial charge is 0.161 e. The number of rotatable bonds is 5. The minimum absolute atomic E-state index is 0.309. The van der Waals surface area contributed by atoms with Crippen molar-refractivity contribution in [1.82, 2.24) is 9.97 Å². The van der Waals surface area contributed by atoms with Crippen LogP contribution in [-0.4, -0.2) is 23.6 Å². The molecule has 0 saturated heterocycles. The topological polar surface area (TPSA) is 47.0 Å². The average Bonchev–Trinajstić information content (AvgIpc) is 2.48. The summed E-state index contributed by atoms with van der Waals surface area (Å²) in [6, 6.07) is 7.86. The summed E-state index contributed by atoms with van der Waals surface area (Å²) in [5.74, 6) is 2.64. The zero-order valence-corrected chi connectivity index (χ0v) is 14.4. The largest absolute Gasteiger partial charge is 0.494 e. The van der Waals surface area contributed by atoms with Gasteiger partial charge in [0.1, 0.15) is 11.6 Å². The zero-order valence-electron chi connectivity index (χ0n) is 12.8. The molecule has 0 atom stereocenters. The highest BCUT2D eigenvalue weighted by Gasteiger charge is 2.15. The number of anilines is 1. The lowest BCUT2D eigenvalue weighted by Gasteiger charge is -2.14. The van der Waals surface area contributed by atoms with Gasteiger partial charge < -0.3 is 10.1 Å². The number of hydrogen-bond acceptors (Lipinski definition) is 4. The molecule has 21 heavy (non-hydrogen) atoms. The fourth-order valence-corrected chi connectivity index (χ4v) is 2.87. The summed E-state index contributed by atoms with van der Waals surface area (Å²) in [5, 5.41) is 3.11. The minimum atomic E-state index is 0.309. The Bertz CT molecular complexity index is 629. The van der Waals surface area contributed by atoms with Crippen LogP contribution in [0.5, 0.6) is 5.75 Å². The number of benzene rings is 1. The van der Waals surface area contributed by atoms with Crippen LogP contribution >= 0.6 is 15.9 Å². The SMILES string of the molecule is CCOc1cccc(-c2nc(NC)c(Br)c(C(C)C)n2)c1. The van der Waals surface area contributed by atoms with Gasteiger partial charge in [0.05, 0.1) is 16.8 Å². The minimum Gasteiger partial charge on any atom is -0.494 e. The molecule has 0 unspecified atom stereocenters. The van der Waals surface area contributed by atoms with Gasteiger partial charge in [-0.1, -0.05) is 26.0 Å². The quantitative estimate of drug-likeness (QED) is 0.864. The lowest BCUT2D eigenvalue weighted by molar-refractivity contribution is 0.340. The Morgan fingerprint density at radius 2 is 2.05 bits per heavy atom. The molecule has 0 saturated carbocycles. The molecule has 2 aromatic rings. The van der Waals surface area contributed by atoms with Gasteiger partial charge in [0.25, 0.3) is 0 Å². The number of halogens is 1. The van der Waals surface area contributed by atoms with Crippen molar-refractivity contribution in [1.29, 1.82) is 0 Å². The van der Waals surface area contributed by atoms with E-state index in [0.717, 1.165) is 27.3 Å². The second kappa shape index (κ2) is 6.89. The molecule has 5 heteroatoms. The lowest BCUT2D eigenvalue weighted by Crippen LogP contribution is -2.04. The number of aromatic nitrogens is 2. The summed E-state index contributed by atoms with van der Waals surface area (Å²) in [5.41, 5.74) is 1.94. The first-order chi connectivity index (χ1) is 10.1. The molecule has 0 fully saturated rings. The number of nitrogens with zero attached hydrogens (tertiary/aromatic N) is 2. The number of ether oxygens (including phenoxy) is 1. The summed E-state index contributed by atoms with van der Waals surface area (Å²) in [6.45, 7) is 6.85. The van der Waals surface area contributed by atoms with Crippen LogP contribution in [0.1, 0.15) is 32.4 Å². The van der Waals surface area contributed by atoms with E-state index in [0.29, 0.717) is 18.3 Å². The van der Waals surface area contributed by atoms with Gasteiger partial charge in [-0.3, -0.25) is 0 Å². The molecule has 0 bridgehead atoms. The maximum Gasteiger partial charge on any atom is 0.161 e. The van der Waals surface area contributed by atoms with Crippen LogP contribution in [0.2, 0.25) is 0 Å². The molecule has 4 nitrogen and oxygen atoms in total. The van der Waals surface area contributed by atoms with E-state index in [4.69, 9.17) is 9.72 Å². The molecule has 0 aliphatic rings. The van der Waals surface area contributed by atoms with Crippen LogP contribution in [0.3, 0.4) is 0 Å². The van der Waals surface area contributed by atoms with Crippen molar-refractivity contribution < 1.29 is 4.74 Å². The molecule has 0 spiro atoms. The molecule has 1 aromatic heterocycles. The van der Waals surface area contributed by atoms with Crippen molar-refractivity contribution in [2.24, 2.45) is 0 Å². The summed E-state index contributed by atoms with van der Waals surface area (Å²) in [6.07, 6.45) is 0. The molecule has 1 aromatic carbocycles. The summed E-state index contributed by atoms with van der Waals surface area (Å²) >= 11 is 3.58. The standard InChI is InChI=1S/C16H20BrN3O/c1-5-21-12-8-6-7-11(9-12)15-19-14(10(2)3)13(17)16(18-4)20-15/h6-10H,5H2,1-4H3,(H,18,19,20). The molecule has 2 rings (SSSR count). The Morgan fingerprint density at radius 1 is 1.29 bits per heavy atom. The summed E-state index contributed by atoms with van der Waals surface area (Å²) in [7, 11) is 1.86. The van der Waals surface area contributed by atoms with Gasteiger partial charge in [-0.2, -0.15) is 0 Å². The van der Waals surface area contributed by atoms with Gasteiger partial charge in [-0.25, -0.2) is 9.97 Å². The Morgan fingerprint density at radius 3 is 2.67 bits per heavy atom. The lowest BCUT2D eigenvalue weighted by atomic mass is 10.1. The normalized spacial score (nSPS) is 10.8. The Kier molecular flexibility index (Phi) is 5.17. The van der Waals surface area contributed by atoms with Gasteiger partial charge in [-0.05, 0) is 40.9 Å². The van der Waals surface area contributed by atoms with E-state index in [-0.39, 0.29) is 0 Å². The van der Waals surface area contributed by atoms with Gasteiger partial charge in [0.15, 0.2) is 5.82 Å². The van der Waals surface area contributed by atoms with Crippen molar-refractivity contribution in [2.75, 3.05) is 19.0 Å². The molecule has 1 heterocycles. The van der Waals surface area contributed by atoms with Crippen molar-refractivity contribution in [3.63, 3.8) is 0 Å². The maximum absolute atomic E-state index is 5.55. The second-order valence-corrected chi connectivity index (χ2v) is 5.75.